The third-order valence-corrected chi connectivity index (χ3v) is 3.02. The molecule has 0 spiro atoms. The topological polar surface area (TPSA) is 20.2 Å². The molecule has 0 unspecified atom stereocenters. The third-order valence-electron chi connectivity index (χ3n) is 2.58. The number of hydrogen-bond donors (Lipinski definition) is 1. The van der Waals surface area contributed by atoms with Crippen molar-refractivity contribution in [2.24, 2.45) is 0 Å². The zero-order chi connectivity index (χ0) is 9.47. The van der Waals surface area contributed by atoms with Gasteiger partial charge in [0.2, 0.25) is 0 Å². The van der Waals surface area contributed by atoms with Crippen LogP contribution >= 0.6 is 23.2 Å². The number of benzene rings is 1. The fourth-order valence-corrected chi connectivity index (χ4v) is 2.15. The first kappa shape index (κ1) is 9.32. The van der Waals surface area contributed by atoms with E-state index in [-0.39, 0.29) is 0 Å². The van der Waals surface area contributed by atoms with E-state index >= 15 is 0 Å². The van der Waals surface area contributed by atoms with Crippen LogP contribution in [0.3, 0.4) is 0 Å². The summed E-state index contributed by atoms with van der Waals surface area (Å²) in [5, 5.41) is 11.2. The van der Waals surface area contributed by atoms with Crippen molar-refractivity contribution >= 4 is 23.2 Å². The zero-order valence-corrected chi connectivity index (χ0v) is 8.57. The number of hydrogen-bond acceptors (Lipinski definition) is 1. The Labute approximate surface area is 87.3 Å². The Kier molecular flexibility index (Phi) is 2.26. The highest BCUT2D eigenvalue weighted by molar-refractivity contribution is 6.34. The number of rotatable bonds is 1. The van der Waals surface area contributed by atoms with E-state index in [0.717, 1.165) is 24.8 Å². The highest BCUT2D eigenvalue weighted by Gasteiger charge is 2.36. The standard InChI is InChI=1S/C10H10Cl2O/c11-8-4-7(5-9(12)6-8)10(13)2-1-3-10/h4-6,13H,1-3H2. The minimum absolute atomic E-state index is 0.586. The predicted molar refractivity (Wildman–Crippen MR) is 54.2 cm³/mol. The Bertz CT molecular complexity index is 311. The SMILES string of the molecule is OC1(c2cc(Cl)cc(Cl)c2)CCC1. The Morgan fingerprint density at radius 1 is 1.08 bits per heavy atom. The van der Waals surface area contributed by atoms with Crippen molar-refractivity contribution in [3.63, 3.8) is 0 Å². The molecular formula is C10H10Cl2O. The highest BCUT2D eigenvalue weighted by atomic mass is 35.5. The quantitative estimate of drug-likeness (QED) is 0.764. The molecule has 2 rings (SSSR count). The number of aliphatic hydroxyl groups is 1. The lowest BCUT2D eigenvalue weighted by Gasteiger charge is -2.37. The van der Waals surface area contributed by atoms with Gasteiger partial charge in [-0.3, -0.25) is 0 Å². The lowest BCUT2D eigenvalue weighted by Crippen LogP contribution is -2.33. The molecule has 1 aromatic rings. The molecule has 13 heavy (non-hydrogen) atoms. The molecule has 0 amide bonds. The lowest BCUT2D eigenvalue weighted by molar-refractivity contribution is -0.0387. The minimum Gasteiger partial charge on any atom is -0.385 e. The van der Waals surface area contributed by atoms with E-state index in [1.807, 2.05) is 0 Å². The van der Waals surface area contributed by atoms with E-state index in [9.17, 15) is 5.11 Å². The Hall–Kier alpha value is -0.240. The number of halogens is 2. The summed E-state index contributed by atoms with van der Waals surface area (Å²) in [7, 11) is 0. The van der Waals surface area contributed by atoms with Crippen LogP contribution in [-0.2, 0) is 5.60 Å². The first-order chi connectivity index (χ1) is 6.10. The van der Waals surface area contributed by atoms with Crippen LogP contribution in [0.5, 0.6) is 0 Å². The van der Waals surface area contributed by atoms with E-state index in [2.05, 4.69) is 0 Å². The molecular weight excluding hydrogens is 207 g/mol. The Balaban J connectivity index is 2.39. The van der Waals surface area contributed by atoms with Gasteiger partial charge in [0, 0.05) is 10.0 Å². The van der Waals surface area contributed by atoms with Gasteiger partial charge in [0.15, 0.2) is 0 Å². The fraction of sp³-hybridized carbons (Fsp3) is 0.400. The molecule has 1 aliphatic carbocycles. The predicted octanol–water partition coefficient (Wildman–Crippen LogP) is 3.36. The van der Waals surface area contributed by atoms with E-state index in [1.54, 1.807) is 18.2 Å². The smallest absolute Gasteiger partial charge is 0.0897 e. The molecule has 70 valence electrons. The summed E-state index contributed by atoms with van der Waals surface area (Å²) in [4.78, 5) is 0. The van der Waals surface area contributed by atoms with E-state index in [0.29, 0.717) is 10.0 Å². The average Bonchev–Trinajstić information content (AvgIpc) is 1.98. The van der Waals surface area contributed by atoms with Gasteiger partial charge in [-0.2, -0.15) is 0 Å². The van der Waals surface area contributed by atoms with Crippen LogP contribution in [0.4, 0.5) is 0 Å². The van der Waals surface area contributed by atoms with Gasteiger partial charge in [0.1, 0.15) is 0 Å². The van der Waals surface area contributed by atoms with Crippen LogP contribution in [0.25, 0.3) is 0 Å². The van der Waals surface area contributed by atoms with Crippen molar-refractivity contribution < 1.29 is 5.11 Å². The van der Waals surface area contributed by atoms with Gasteiger partial charge < -0.3 is 5.11 Å². The van der Waals surface area contributed by atoms with E-state index in [4.69, 9.17) is 23.2 Å². The second-order valence-corrected chi connectivity index (χ2v) is 4.42. The normalized spacial score (nSPS) is 19.6. The molecule has 0 aliphatic heterocycles. The van der Waals surface area contributed by atoms with Crippen LogP contribution < -0.4 is 0 Å². The maximum absolute atomic E-state index is 10.0. The van der Waals surface area contributed by atoms with Gasteiger partial charge in [-0.05, 0) is 43.0 Å². The summed E-state index contributed by atoms with van der Waals surface area (Å²) in [6.07, 6.45) is 2.69. The van der Waals surface area contributed by atoms with Crippen LogP contribution in [0.1, 0.15) is 24.8 Å². The van der Waals surface area contributed by atoms with Gasteiger partial charge in [0.25, 0.3) is 0 Å². The summed E-state index contributed by atoms with van der Waals surface area (Å²) in [5.74, 6) is 0. The molecule has 0 bridgehead atoms. The summed E-state index contributed by atoms with van der Waals surface area (Å²) in [6, 6.07) is 5.24. The first-order valence-corrected chi connectivity index (χ1v) is 5.05. The zero-order valence-electron chi connectivity index (χ0n) is 7.06. The molecule has 0 aromatic heterocycles. The monoisotopic (exact) mass is 216 g/mol. The van der Waals surface area contributed by atoms with Gasteiger partial charge in [-0.15, -0.1) is 0 Å². The molecule has 0 radical (unpaired) electrons. The van der Waals surface area contributed by atoms with Crippen molar-refractivity contribution in [2.75, 3.05) is 0 Å². The summed E-state index contributed by atoms with van der Waals surface area (Å²) < 4.78 is 0. The van der Waals surface area contributed by atoms with E-state index in [1.165, 1.54) is 0 Å². The largest absolute Gasteiger partial charge is 0.385 e. The average molecular weight is 217 g/mol. The molecule has 0 saturated heterocycles. The Morgan fingerprint density at radius 3 is 2.00 bits per heavy atom. The van der Waals surface area contributed by atoms with Crippen molar-refractivity contribution in [2.45, 2.75) is 24.9 Å². The maximum Gasteiger partial charge on any atom is 0.0897 e. The maximum atomic E-state index is 10.0. The van der Waals surface area contributed by atoms with Crippen molar-refractivity contribution in [1.82, 2.24) is 0 Å². The van der Waals surface area contributed by atoms with Crippen molar-refractivity contribution in [1.29, 1.82) is 0 Å². The molecule has 1 fully saturated rings. The first-order valence-electron chi connectivity index (χ1n) is 4.29. The summed E-state index contributed by atoms with van der Waals surface area (Å²) in [6.45, 7) is 0. The minimum atomic E-state index is -0.672. The fourth-order valence-electron chi connectivity index (χ4n) is 1.62. The molecule has 1 N–H and O–H groups in total. The van der Waals surface area contributed by atoms with Crippen LogP contribution in [0.2, 0.25) is 10.0 Å². The van der Waals surface area contributed by atoms with Gasteiger partial charge in [-0.25, -0.2) is 0 Å². The van der Waals surface area contributed by atoms with Gasteiger partial charge in [0.05, 0.1) is 5.60 Å². The molecule has 1 aliphatic rings. The van der Waals surface area contributed by atoms with Gasteiger partial charge >= 0.3 is 0 Å². The van der Waals surface area contributed by atoms with E-state index < -0.39 is 5.60 Å². The third kappa shape index (κ3) is 1.69. The van der Waals surface area contributed by atoms with Gasteiger partial charge in [-0.1, -0.05) is 23.2 Å². The molecule has 0 heterocycles. The lowest BCUT2D eigenvalue weighted by atomic mass is 9.75. The highest BCUT2D eigenvalue weighted by Crippen LogP contribution is 2.42. The van der Waals surface area contributed by atoms with Crippen LogP contribution in [-0.4, -0.2) is 5.11 Å². The van der Waals surface area contributed by atoms with Crippen LogP contribution in [0.15, 0.2) is 18.2 Å². The summed E-state index contributed by atoms with van der Waals surface area (Å²) in [5.41, 5.74) is 0.172. The van der Waals surface area contributed by atoms with Crippen LogP contribution in [0, 0.1) is 0 Å². The molecule has 3 heteroatoms. The molecule has 0 atom stereocenters. The van der Waals surface area contributed by atoms with Crippen molar-refractivity contribution in [3.05, 3.63) is 33.8 Å². The molecule has 1 nitrogen and oxygen atoms in total. The molecule has 1 aromatic carbocycles. The Morgan fingerprint density at radius 2 is 1.62 bits per heavy atom. The van der Waals surface area contributed by atoms with Crippen molar-refractivity contribution in [3.8, 4) is 0 Å². The second kappa shape index (κ2) is 3.16. The molecule has 1 saturated carbocycles. The second-order valence-electron chi connectivity index (χ2n) is 3.54. The summed E-state index contributed by atoms with van der Waals surface area (Å²) >= 11 is 11.7.